The highest BCUT2D eigenvalue weighted by atomic mass is 16.5. The van der Waals surface area contributed by atoms with Crippen molar-refractivity contribution in [3.05, 3.63) is 89.5 Å². The third-order valence-corrected chi connectivity index (χ3v) is 5.93. The van der Waals surface area contributed by atoms with E-state index in [0.717, 1.165) is 22.3 Å². The molecule has 1 aliphatic carbocycles. The van der Waals surface area contributed by atoms with E-state index in [9.17, 15) is 19.5 Å². The van der Waals surface area contributed by atoms with Crippen LogP contribution in [0.2, 0.25) is 0 Å². The van der Waals surface area contributed by atoms with Crippen LogP contribution in [-0.2, 0) is 9.53 Å². The standard InChI is InChI=1S/C27H26N2O5/c1-16(2)24(26(31)32)29-25(30)17-8-7-9-18(14-17)28-27(33)34-15-23-21-12-5-3-10-19(21)20-11-4-6-13-22(20)23/h3-14,16,23-24H,15H2,1-2H3,(H,28,33)(H,29,30)(H,31,32). The summed E-state index contributed by atoms with van der Waals surface area (Å²) in [5.74, 6) is -1.96. The van der Waals surface area contributed by atoms with Crippen LogP contribution in [0.4, 0.5) is 10.5 Å². The summed E-state index contributed by atoms with van der Waals surface area (Å²) in [6, 6.07) is 21.4. The molecule has 1 aliphatic rings. The predicted molar refractivity (Wildman–Crippen MR) is 129 cm³/mol. The highest BCUT2D eigenvalue weighted by Gasteiger charge is 2.29. The van der Waals surface area contributed by atoms with Crippen LogP contribution in [0.25, 0.3) is 11.1 Å². The molecule has 174 valence electrons. The van der Waals surface area contributed by atoms with Crippen molar-refractivity contribution in [2.75, 3.05) is 11.9 Å². The number of amides is 2. The first-order valence-electron chi connectivity index (χ1n) is 11.1. The van der Waals surface area contributed by atoms with Gasteiger partial charge in [-0.15, -0.1) is 0 Å². The van der Waals surface area contributed by atoms with Gasteiger partial charge in [0.1, 0.15) is 12.6 Å². The van der Waals surface area contributed by atoms with Gasteiger partial charge in [-0.25, -0.2) is 9.59 Å². The molecule has 1 unspecified atom stereocenters. The number of carboxylic acid groups (broad SMARTS) is 1. The van der Waals surface area contributed by atoms with Gasteiger partial charge in [-0.05, 0) is 46.4 Å². The van der Waals surface area contributed by atoms with E-state index in [0.29, 0.717) is 5.69 Å². The summed E-state index contributed by atoms with van der Waals surface area (Å²) in [6.07, 6.45) is -0.634. The lowest BCUT2D eigenvalue weighted by Crippen LogP contribution is -2.44. The molecule has 0 aromatic heterocycles. The minimum absolute atomic E-state index is 0.0563. The summed E-state index contributed by atoms with van der Waals surface area (Å²) in [5.41, 5.74) is 5.14. The van der Waals surface area contributed by atoms with Crippen molar-refractivity contribution in [1.29, 1.82) is 0 Å². The normalized spacial score (nSPS) is 13.0. The maximum atomic E-state index is 12.5. The molecule has 0 aliphatic heterocycles. The fraction of sp³-hybridized carbons (Fsp3) is 0.222. The summed E-state index contributed by atoms with van der Waals surface area (Å²) in [7, 11) is 0. The van der Waals surface area contributed by atoms with E-state index >= 15 is 0 Å². The summed E-state index contributed by atoms with van der Waals surface area (Å²) in [5, 5.41) is 14.5. The minimum atomic E-state index is -1.10. The molecular formula is C27H26N2O5. The lowest BCUT2D eigenvalue weighted by Gasteiger charge is -2.18. The number of ether oxygens (including phenoxy) is 1. The molecule has 0 bridgehead atoms. The lowest BCUT2D eigenvalue weighted by molar-refractivity contribution is -0.140. The predicted octanol–water partition coefficient (Wildman–Crippen LogP) is 4.89. The van der Waals surface area contributed by atoms with Crippen molar-refractivity contribution in [3.63, 3.8) is 0 Å². The van der Waals surface area contributed by atoms with Gasteiger partial charge in [0.25, 0.3) is 5.91 Å². The Kier molecular flexibility index (Phi) is 6.63. The zero-order valence-electron chi connectivity index (χ0n) is 18.9. The van der Waals surface area contributed by atoms with E-state index in [2.05, 4.69) is 22.8 Å². The van der Waals surface area contributed by atoms with Gasteiger partial charge in [0.15, 0.2) is 0 Å². The van der Waals surface area contributed by atoms with E-state index in [-0.39, 0.29) is 24.0 Å². The van der Waals surface area contributed by atoms with Crippen LogP contribution in [-0.4, -0.2) is 35.7 Å². The first-order chi connectivity index (χ1) is 16.3. The molecule has 3 aromatic carbocycles. The van der Waals surface area contributed by atoms with Gasteiger partial charge in [0.05, 0.1) is 0 Å². The third-order valence-electron chi connectivity index (χ3n) is 5.93. The average molecular weight is 459 g/mol. The smallest absolute Gasteiger partial charge is 0.411 e. The Balaban J connectivity index is 1.41. The molecule has 7 heteroatoms. The van der Waals surface area contributed by atoms with Crippen LogP contribution < -0.4 is 10.6 Å². The second-order valence-electron chi connectivity index (χ2n) is 8.56. The maximum absolute atomic E-state index is 12.5. The fourth-order valence-corrected chi connectivity index (χ4v) is 4.23. The summed E-state index contributed by atoms with van der Waals surface area (Å²) in [4.78, 5) is 36.4. The number of anilines is 1. The molecule has 0 radical (unpaired) electrons. The number of benzene rings is 3. The topological polar surface area (TPSA) is 105 Å². The summed E-state index contributed by atoms with van der Waals surface area (Å²) >= 11 is 0. The number of fused-ring (bicyclic) bond motifs is 3. The number of rotatable bonds is 7. The van der Waals surface area contributed by atoms with E-state index in [4.69, 9.17) is 4.74 Å². The van der Waals surface area contributed by atoms with Crippen LogP contribution in [0.3, 0.4) is 0 Å². The van der Waals surface area contributed by atoms with Gasteiger partial charge in [0.2, 0.25) is 0 Å². The number of carbonyl (C=O) groups is 3. The molecule has 0 saturated carbocycles. The number of carboxylic acids is 1. The number of nitrogens with one attached hydrogen (secondary N) is 2. The zero-order chi connectivity index (χ0) is 24.2. The Morgan fingerprint density at radius 2 is 1.53 bits per heavy atom. The molecular weight excluding hydrogens is 432 g/mol. The second-order valence-corrected chi connectivity index (χ2v) is 8.56. The Bertz CT molecular complexity index is 1190. The largest absolute Gasteiger partial charge is 0.480 e. The first-order valence-corrected chi connectivity index (χ1v) is 11.1. The summed E-state index contributed by atoms with van der Waals surface area (Å²) < 4.78 is 5.54. The molecule has 0 saturated heterocycles. The van der Waals surface area contributed by atoms with Crippen LogP contribution in [0, 0.1) is 5.92 Å². The summed E-state index contributed by atoms with van der Waals surface area (Å²) in [6.45, 7) is 3.61. The zero-order valence-corrected chi connectivity index (χ0v) is 18.9. The van der Waals surface area contributed by atoms with E-state index in [1.165, 1.54) is 6.07 Å². The third kappa shape index (κ3) is 4.78. The molecule has 4 rings (SSSR count). The first kappa shape index (κ1) is 23.0. The monoisotopic (exact) mass is 458 g/mol. The molecule has 7 nitrogen and oxygen atoms in total. The van der Waals surface area contributed by atoms with E-state index in [1.807, 2.05) is 36.4 Å². The van der Waals surface area contributed by atoms with Crippen LogP contribution >= 0.6 is 0 Å². The van der Waals surface area contributed by atoms with Crippen molar-refractivity contribution in [2.24, 2.45) is 5.92 Å². The van der Waals surface area contributed by atoms with Crippen LogP contribution in [0.1, 0.15) is 41.3 Å². The maximum Gasteiger partial charge on any atom is 0.411 e. The average Bonchev–Trinajstić information content (AvgIpc) is 3.14. The molecule has 2 amide bonds. The highest BCUT2D eigenvalue weighted by molar-refractivity contribution is 5.98. The van der Waals surface area contributed by atoms with Gasteiger partial charge in [-0.3, -0.25) is 10.1 Å². The Morgan fingerprint density at radius 1 is 0.912 bits per heavy atom. The highest BCUT2D eigenvalue weighted by Crippen LogP contribution is 2.44. The van der Waals surface area contributed by atoms with Gasteiger partial charge in [-0.1, -0.05) is 68.4 Å². The molecule has 1 atom stereocenters. The Hall–Kier alpha value is -4.13. The van der Waals surface area contributed by atoms with E-state index in [1.54, 1.807) is 32.0 Å². The van der Waals surface area contributed by atoms with Gasteiger partial charge in [0, 0.05) is 17.2 Å². The van der Waals surface area contributed by atoms with Gasteiger partial charge in [-0.2, -0.15) is 0 Å². The molecule has 0 fully saturated rings. The second kappa shape index (κ2) is 9.79. The van der Waals surface area contributed by atoms with Crippen molar-refractivity contribution < 1.29 is 24.2 Å². The van der Waals surface area contributed by atoms with Crippen LogP contribution in [0.5, 0.6) is 0 Å². The van der Waals surface area contributed by atoms with Crippen molar-refractivity contribution in [1.82, 2.24) is 5.32 Å². The van der Waals surface area contributed by atoms with Crippen molar-refractivity contribution in [2.45, 2.75) is 25.8 Å². The van der Waals surface area contributed by atoms with Crippen molar-refractivity contribution >= 4 is 23.7 Å². The molecule has 34 heavy (non-hydrogen) atoms. The van der Waals surface area contributed by atoms with Crippen LogP contribution in [0.15, 0.2) is 72.8 Å². The van der Waals surface area contributed by atoms with Gasteiger partial charge < -0.3 is 15.2 Å². The van der Waals surface area contributed by atoms with E-state index < -0.39 is 24.0 Å². The minimum Gasteiger partial charge on any atom is -0.480 e. The molecule has 0 spiro atoms. The number of aliphatic carboxylic acids is 1. The Labute approximate surface area is 197 Å². The van der Waals surface area contributed by atoms with Gasteiger partial charge >= 0.3 is 12.1 Å². The SMILES string of the molecule is CC(C)C(NC(=O)c1cccc(NC(=O)OCC2c3ccccc3-c3ccccc32)c1)C(=O)O. The lowest BCUT2D eigenvalue weighted by atomic mass is 9.98. The number of hydrogen-bond donors (Lipinski definition) is 3. The fourth-order valence-electron chi connectivity index (χ4n) is 4.23. The molecule has 3 N–H and O–H groups in total. The number of hydrogen-bond acceptors (Lipinski definition) is 4. The molecule has 0 heterocycles. The Morgan fingerprint density at radius 3 is 2.12 bits per heavy atom. The quantitative estimate of drug-likeness (QED) is 0.468. The van der Waals surface area contributed by atoms with Crippen molar-refractivity contribution in [3.8, 4) is 11.1 Å². The molecule has 3 aromatic rings. The number of carbonyl (C=O) groups excluding carboxylic acids is 2.